The van der Waals surface area contributed by atoms with Crippen molar-refractivity contribution in [3.05, 3.63) is 64.5 Å². The van der Waals surface area contributed by atoms with E-state index in [4.69, 9.17) is 0 Å². The molecule has 0 saturated heterocycles. The molecule has 3 rings (SSSR count). The Labute approximate surface area is 181 Å². The number of amides is 1. The van der Waals surface area contributed by atoms with Crippen molar-refractivity contribution in [2.75, 3.05) is 12.4 Å². The lowest BCUT2D eigenvalue weighted by molar-refractivity contribution is 0.102. The van der Waals surface area contributed by atoms with Crippen LogP contribution < -0.4 is 5.32 Å². The van der Waals surface area contributed by atoms with Crippen molar-refractivity contribution in [3.63, 3.8) is 0 Å². The fourth-order valence-electron chi connectivity index (χ4n) is 2.82. The summed E-state index contributed by atoms with van der Waals surface area (Å²) < 4.78 is 26.4. The van der Waals surface area contributed by atoms with Crippen molar-refractivity contribution in [3.8, 4) is 11.3 Å². The van der Waals surface area contributed by atoms with Gasteiger partial charge in [0.15, 0.2) is 5.13 Å². The molecule has 8 heteroatoms. The van der Waals surface area contributed by atoms with Gasteiger partial charge in [0.25, 0.3) is 5.91 Å². The van der Waals surface area contributed by atoms with Crippen LogP contribution in [0.2, 0.25) is 0 Å². The summed E-state index contributed by atoms with van der Waals surface area (Å²) >= 11 is 1.41. The first-order valence-electron chi connectivity index (χ1n) is 9.53. The predicted octanol–water partition coefficient (Wildman–Crippen LogP) is 4.71. The average Bonchev–Trinajstić information content (AvgIpc) is 3.07. The maximum absolute atomic E-state index is 12.6. The van der Waals surface area contributed by atoms with Crippen LogP contribution in [0.4, 0.5) is 5.13 Å². The van der Waals surface area contributed by atoms with Gasteiger partial charge < -0.3 is 0 Å². The number of thiazole rings is 1. The highest BCUT2D eigenvalue weighted by Crippen LogP contribution is 2.30. The molecule has 0 aliphatic rings. The number of hydrogen-bond donors (Lipinski definition) is 1. The SMILES string of the molecule is Cc1ccc(-c2nc(NC(=O)c3ccc(S(=O)(=O)N(C)C(C)C)cc3)sc2C)cc1. The normalized spacial score (nSPS) is 11.8. The molecule has 30 heavy (non-hydrogen) atoms. The Bertz CT molecular complexity index is 1150. The zero-order chi connectivity index (χ0) is 22.1. The summed E-state index contributed by atoms with van der Waals surface area (Å²) in [7, 11) is -2.05. The molecule has 1 amide bonds. The Hall–Kier alpha value is -2.55. The number of benzene rings is 2. The van der Waals surface area contributed by atoms with Crippen molar-refractivity contribution in [1.82, 2.24) is 9.29 Å². The van der Waals surface area contributed by atoms with Crippen LogP contribution in [-0.2, 0) is 10.0 Å². The van der Waals surface area contributed by atoms with E-state index in [0.29, 0.717) is 10.7 Å². The summed E-state index contributed by atoms with van der Waals surface area (Å²) in [5.41, 5.74) is 3.38. The van der Waals surface area contributed by atoms with E-state index in [1.807, 2.05) is 38.1 Å². The monoisotopic (exact) mass is 443 g/mol. The molecule has 2 aromatic carbocycles. The second-order valence-electron chi connectivity index (χ2n) is 7.38. The Balaban J connectivity index is 1.77. The second kappa shape index (κ2) is 8.67. The quantitative estimate of drug-likeness (QED) is 0.598. The number of aromatic nitrogens is 1. The first-order chi connectivity index (χ1) is 14.1. The number of carbonyl (C=O) groups excluding carboxylic acids is 1. The number of sulfonamides is 1. The molecule has 0 aliphatic carbocycles. The minimum Gasteiger partial charge on any atom is -0.298 e. The van der Waals surface area contributed by atoms with E-state index in [9.17, 15) is 13.2 Å². The molecule has 0 fully saturated rings. The number of carbonyl (C=O) groups is 1. The van der Waals surface area contributed by atoms with Crippen LogP contribution in [0.15, 0.2) is 53.4 Å². The van der Waals surface area contributed by atoms with Crippen molar-refractivity contribution >= 4 is 32.4 Å². The predicted molar refractivity (Wildman–Crippen MR) is 122 cm³/mol. The zero-order valence-corrected chi connectivity index (χ0v) is 19.3. The minimum absolute atomic E-state index is 0.155. The van der Waals surface area contributed by atoms with Gasteiger partial charge in [0, 0.05) is 29.1 Å². The van der Waals surface area contributed by atoms with Crippen molar-refractivity contribution in [2.24, 2.45) is 0 Å². The highest BCUT2D eigenvalue weighted by molar-refractivity contribution is 7.89. The fourth-order valence-corrected chi connectivity index (χ4v) is 5.02. The molecule has 0 saturated carbocycles. The Morgan fingerprint density at radius 1 is 1.03 bits per heavy atom. The average molecular weight is 444 g/mol. The van der Waals surface area contributed by atoms with Crippen LogP contribution in [0.5, 0.6) is 0 Å². The van der Waals surface area contributed by atoms with Crippen LogP contribution in [0, 0.1) is 13.8 Å². The number of hydrogen-bond acceptors (Lipinski definition) is 5. The molecule has 0 bridgehead atoms. The third-order valence-electron chi connectivity index (χ3n) is 4.86. The van der Waals surface area contributed by atoms with Crippen molar-refractivity contribution in [1.29, 1.82) is 0 Å². The second-order valence-corrected chi connectivity index (χ2v) is 10.6. The maximum atomic E-state index is 12.6. The third-order valence-corrected chi connectivity index (χ3v) is 7.80. The first kappa shape index (κ1) is 22.1. The van der Waals surface area contributed by atoms with Crippen LogP contribution in [0.3, 0.4) is 0 Å². The number of aryl methyl sites for hydroxylation is 2. The summed E-state index contributed by atoms with van der Waals surface area (Å²) in [6, 6.07) is 13.8. The third kappa shape index (κ3) is 4.61. The standard InChI is InChI=1S/C22H25N3O3S2/c1-14(2)25(5)30(27,28)19-12-10-18(11-13-19)21(26)24-22-23-20(16(4)29-22)17-8-6-15(3)7-9-17/h6-14H,1-5H3,(H,23,24,26). The van der Waals surface area contributed by atoms with Crippen LogP contribution in [0.25, 0.3) is 11.3 Å². The first-order valence-corrected chi connectivity index (χ1v) is 11.8. The minimum atomic E-state index is -3.58. The maximum Gasteiger partial charge on any atom is 0.257 e. The molecule has 6 nitrogen and oxygen atoms in total. The lowest BCUT2D eigenvalue weighted by Gasteiger charge is -2.20. The van der Waals surface area contributed by atoms with E-state index < -0.39 is 10.0 Å². The number of rotatable bonds is 6. The van der Waals surface area contributed by atoms with E-state index in [1.165, 1.54) is 52.5 Å². The Morgan fingerprint density at radius 3 is 2.20 bits per heavy atom. The fraction of sp³-hybridized carbons (Fsp3) is 0.273. The van der Waals surface area contributed by atoms with Gasteiger partial charge in [-0.15, -0.1) is 11.3 Å². The van der Waals surface area contributed by atoms with Gasteiger partial charge in [-0.3, -0.25) is 10.1 Å². The highest BCUT2D eigenvalue weighted by Gasteiger charge is 2.23. The lowest BCUT2D eigenvalue weighted by Crippen LogP contribution is -2.33. The molecule has 1 aromatic heterocycles. The molecule has 1 N–H and O–H groups in total. The summed E-state index contributed by atoms with van der Waals surface area (Å²) in [5, 5.41) is 3.31. The topological polar surface area (TPSA) is 79.4 Å². The zero-order valence-electron chi connectivity index (χ0n) is 17.6. The van der Waals surface area contributed by atoms with Gasteiger partial charge >= 0.3 is 0 Å². The Kier molecular flexibility index (Phi) is 6.40. The van der Waals surface area contributed by atoms with Gasteiger partial charge in [0.2, 0.25) is 10.0 Å². The molecule has 0 aliphatic heterocycles. The van der Waals surface area contributed by atoms with Gasteiger partial charge in [0.1, 0.15) is 0 Å². The summed E-state index contributed by atoms with van der Waals surface area (Å²) in [4.78, 5) is 18.3. The van der Waals surface area contributed by atoms with Gasteiger partial charge in [-0.1, -0.05) is 29.8 Å². The molecule has 0 spiro atoms. The van der Waals surface area contributed by atoms with Gasteiger partial charge in [0.05, 0.1) is 10.6 Å². The van der Waals surface area contributed by atoms with Gasteiger partial charge in [-0.05, 0) is 52.0 Å². The van der Waals surface area contributed by atoms with E-state index in [2.05, 4.69) is 10.3 Å². The molecule has 3 aromatic rings. The van der Waals surface area contributed by atoms with E-state index >= 15 is 0 Å². The van der Waals surface area contributed by atoms with Gasteiger partial charge in [-0.25, -0.2) is 13.4 Å². The summed E-state index contributed by atoms with van der Waals surface area (Å²) in [5.74, 6) is -0.333. The highest BCUT2D eigenvalue weighted by atomic mass is 32.2. The number of anilines is 1. The van der Waals surface area contributed by atoms with E-state index in [-0.39, 0.29) is 16.8 Å². The summed E-state index contributed by atoms with van der Waals surface area (Å²) in [6.45, 7) is 7.61. The smallest absolute Gasteiger partial charge is 0.257 e. The number of nitrogens with zero attached hydrogens (tertiary/aromatic N) is 2. The van der Waals surface area contributed by atoms with Crippen molar-refractivity contribution < 1.29 is 13.2 Å². The van der Waals surface area contributed by atoms with Gasteiger partial charge in [-0.2, -0.15) is 4.31 Å². The largest absolute Gasteiger partial charge is 0.298 e. The van der Waals surface area contributed by atoms with Crippen molar-refractivity contribution in [2.45, 2.75) is 38.6 Å². The molecule has 158 valence electrons. The van der Waals surface area contributed by atoms with Crippen LogP contribution in [-0.4, -0.2) is 36.7 Å². The van der Waals surface area contributed by atoms with Crippen LogP contribution in [0.1, 0.15) is 34.6 Å². The van der Waals surface area contributed by atoms with Crippen LogP contribution >= 0.6 is 11.3 Å². The molecular weight excluding hydrogens is 418 g/mol. The molecule has 0 radical (unpaired) electrons. The van der Waals surface area contributed by atoms with E-state index in [1.54, 1.807) is 13.8 Å². The van der Waals surface area contributed by atoms with E-state index in [0.717, 1.165) is 16.1 Å². The Morgan fingerprint density at radius 2 is 1.63 bits per heavy atom. The molecule has 0 unspecified atom stereocenters. The lowest BCUT2D eigenvalue weighted by atomic mass is 10.1. The summed E-state index contributed by atoms with van der Waals surface area (Å²) in [6.07, 6.45) is 0. The molecule has 0 atom stereocenters. The number of nitrogens with one attached hydrogen (secondary N) is 1. The molecule has 1 heterocycles. The molecular formula is C22H25N3O3S2.